The molecule has 1 aliphatic carbocycles. The van der Waals surface area contributed by atoms with E-state index in [9.17, 15) is 8.42 Å². The van der Waals surface area contributed by atoms with Crippen LogP contribution in [0.5, 0.6) is 0 Å². The van der Waals surface area contributed by atoms with Crippen LogP contribution in [-0.2, 0) is 9.84 Å². The Morgan fingerprint density at radius 2 is 1.53 bits per heavy atom. The van der Waals surface area contributed by atoms with E-state index < -0.39 is 9.84 Å². The van der Waals surface area contributed by atoms with Gasteiger partial charge in [-0.05, 0) is 37.5 Å². The van der Waals surface area contributed by atoms with Crippen molar-refractivity contribution >= 4 is 9.84 Å². The maximum absolute atomic E-state index is 11.4. The molecular weight excluding hydrogens is 234 g/mol. The smallest absolute Gasteiger partial charge is 0.152 e. The molecule has 0 N–H and O–H groups in total. The average molecular weight is 259 g/mol. The predicted octanol–water partition coefficient (Wildman–Crippen LogP) is 1.93. The highest BCUT2D eigenvalue weighted by Gasteiger charge is 2.30. The zero-order valence-electron chi connectivity index (χ0n) is 11.1. The van der Waals surface area contributed by atoms with Crippen molar-refractivity contribution in [3.63, 3.8) is 0 Å². The van der Waals surface area contributed by atoms with Gasteiger partial charge in [0.25, 0.3) is 0 Å². The average Bonchev–Trinajstić information content (AvgIpc) is 2.29. The number of sulfone groups is 1. The molecule has 0 aromatic heterocycles. The van der Waals surface area contributed by atoms with Crippen LogP contribution < -0.4 is 0 Å². The normalized spacial score (nSPS) is 35.0. The first-order valence-corrected chi connectivity index (χ1v) is 8.74. The van der Waals surface area contributed by atoms with Crippen molar-refractivity contribution in [2.45, 2.75) is 45.6 Å². The van der Waals surface area contributed by atoms with Gasteiger partial charge in [-0.25, -0.2) is 8.42 Å². The van der Waals surface area contributed by atoms with Crippen molar-refractivity contribution < 1.29 is 8.42 Å². The summed E-state index contributed by atoms with van der Waals surface area (Å²) in [5, 5.41) is 0. The molecule has 0 aromatic carbocycles. The molecule has 0 aromatic rings. The highest BCUT2D eigenvalue weighted by molar-refractivity contribution is 7.91. The molecule has 1 aliphatic heterocycles. The summed E-state index contributed by atoms with van der Waals surface area (Å²) in [5.74, 6) is 2.44. The Kier molecular flexibility index (Phi) is 4.14. The molecule has 0 atom stereocenters. The van der Waals surface area contributed by atoms with Gasteiger partial charge in [-0.3, -0.25) is 4.90 Å². The van der Waals surface area contributed by atoms with E-state index >= 15 is 0 Å². The van der Waals surface area contributed by atoms with Gasteiger partial charge in [0.2, 0.25) is 0 Å². The molecule has 0 unspecified atom stereocenters. The van der Waals surface area contributed by atoms with Crippen LogP contribution in [0.1, 0.15) is 39.5 Å². The first kappa shape index (κ1) is 13.3. The summed E-state index contributed by atoms with van der Waals surface area (Å²) in [6, 6.07) is 0.653. The van der Waals surface area contributed by atoms with Crippen molar-refractivity contribution in [2.75, 3.05) is 24.6 Å². The monoisotopic (exact) mass is 259 g/mol. The number of nitrogens with zero attached hydrogens (tertiary/aromatic N) is 1. The SMILES string of the molecule is CC(C)[C@H]1CC[C@@H](N2CCS(=O)(=O)CC2)CC1. The lowest BCUT2D eigenvalue weighted by Crippen LogP contribution is -2.47. The minimum atomic E-state index is -2.72. The summed E-state index contributed by atoms with van der Waals surface area (Å²) in [4.78, 5) is 2.41. The molecule has 17 heavy (non-hydrogen) atoms. The van der Waals surface area contributed by atoms with Gasteiger partial charge in [-0.15, -0.1) is 0 Å². The molecule has 1 heterocycles. The van der Waals surface area contributed by atoms with Gasteiger partial charge in [-0.1, -0.05) is 13.8 Å². The third-order valence-electron chi connectivity index (χ3n) is 4.58. The van der Waals surface area contributed by atoms with Crippen molar-refractivity contribution in [1.82, 2.24) is 4.90 Å². The van der Waals surface area contributed by atoms with Crippen LogP contribution in [0.3, 0.4) is 0 Å². The van der Waals surface area contributed by atoms with E-state index in [1.807, 2.05) is 0 Å². The molecule has 0 spiro atoms. The van der Waals surface area contributed by atoms with Gasteiger partial charge in [-0.2, -0.15) is 0 Å². The zero-order chi connectivity index (χ0) is 12.5. The second kappa shape index (κ2) is 5.27. The van der Waals surface area contributed by atoms with Gasteiger partial charge in [0, 0.05) is 19.1 Å². The van der Waals surface area contributed by atoms with Crippen molar-refractivity contribution in [3.8, 4) is 0 Å². The highest BCUT2D eigenvalue weighted by Crippen LogP contribution is 2.32. The zero-order valence-corrected chi connectivity index (χ0v) is 11.9. The standard InChI is InChI=1S/C13H25NO2S/c1-11(2)12-3-5-13(6-4-12)14-7-9-17(15,16)10-8-14/h11-13H,3-10H2,1-2H3/t12-,13+. The fourth-order valence-corrected chi connectivity index (χ4v) is 4.45. The Bertz CT molecular complexity index is 328. The fourth-order valence-electron chi connectivity index (χ4n) is 3.23. The van der Waals surface area contributed by atoms with Crippen LogP contribution in [0.15, 0.2) is 0 Å². The van der Waals surface area contributed by atoms with Crippen LogP contribution in [0.4, 0.5) is 0 Å². The van der Waals surface area contributed by atoms with Crippen LogP contribution in [0.2, 0.25) is 0 Å². The van der Waals surface area contributed by atoms with E-state index in [4.69, 9.17) is 0 Å². The van der Waals surface area contributed by atoms with Gasteiger partial charge in [0.1, 0.15) is 0 Å². The van der Waals surface area contributed by atoms with E-state index in [0.717, 1.165) is 24.9 Å². The third kappa shape index (κ3) is 3.44. The summed E-state index contributed by atoms with van der Waals surface area (Å²) in [6.07, 6.45) is 5.18. The van der Waals surface area contributed by atoms with Crippen LogP contribution >= 0.6 is 0 Å². The van der Waals surface area contributed by atoms with Gasteiger partial charge in [0.15, 0.2) is 9.84 Å². The number of rotatable bonds is 2. The minimum absolute atomic E-state index is 0.372. The summed E-state index contributed by atoms with van der Waals surface area (Å²) >= 11 is 0. The van der Waals surface area contributed by atoms with E-state index in [1.165, 1.54) is 25.7 Å². The van der Waals surface area contributed by atoms with Gasteiger partial charge >= 0.3 is 0 Å². The first-order chi connectivity index (χ1) is 7.98. The lowest BCUT2D eigenvalue weighted by molar-refractivity contribution is 0.131. The Hall–Kier alpha value is -0.0900. The highest BCUT2D eigenvalue weighted by atomic mass is 32.2. The number of hydrogen-bond donors (Lipinski definition) is 0. The molecule has 0 amide bonds. The van der Waals surface area contributed by atoms with Crippen LogP contribution in [0, 0.1) is 11.8 Å². The molecule has 4 heteroatoms. The maximum Gasteiger partial charge on any atom is 0.152 e. The van der Waals surface area contributed by atoms with Crippen LogP contribution in [0.25, 0.3) is 0 Å². The third-order valence-corrected chi connectivity index (χ3v) is 6.19. The summed E-state index contributed by atoms with van der Waals surface area (Å²) in [5.41, 5.74) is 0. The molecule has 2 aliphatic rings. The fraction of sp³-hybridized carbons (Fsp3) is 1.00. The Morgan fingerprint density at radius 1 is 1.00 bits per heavy atom. The second-order valence-corrected chi connectivity index (χ2v) is 8.30. The van der Waals surface area contributed by atoms with Gasteiger partial charge < -0.3 is 0 Å². The van der Waals surface area contributed by atoms with E-state index in [2.05, 4.69) is 18.7 Å². The summed E-state index contributed by atoms with van der Waals surface area (Å²) < 4.78 is 22.8. The van der Waals surface area contributed by atoms with Crippen LogP contribution in [-0.4, -0.2) is 44.0 Å². The molecule has 100 valence electrons. The first-order valence-electron chi connectivity index (χ1n) is 6.92. The molecule has 0 bridgehead atoms. The summed E-state index contributed by atoms with van der Waals surface area (Å²) in [6.45, 7) is 6.16. The predicted molar refractivity (Wildman–Crippen MR) is 70.8 cm³/mol. The molecule has 1 saturated heterocycles. The Balaban J connectivity index is 1.82. The largest absolute Gasteiger partial charge is 0.298 e. The topological polar surface area (TPSA) is 37.4 Å². The van der Waals surface area contributed by atoms with Crippen molar-refractivity contribution in [2.24, 2.45) is 11.8 Å². The Morgan fingerprint density at radius 3 is 2.00 bits per heavy atom. The Labute approximate surface area is 105 Å². The van der Waals surface area contributed by atoms with Gasteiger partial charge in [0.05, 0.1) is 11.5 Å². The molecule has 0 radical (unpaired) electrons. The maximum atomic E-state index is 11.4. The molecule has 1 saturated carbocycles. The van der Waals surface area contributed by atoms with Crippen molar-refractivity contribution in [3.05, 3.63) is 0 Å². The minimum Gasteiger partial charge on any atom is -0.298 e. The van der Waals surface area contributed by atoms with E-state index in [1.54, 1.807) is 0 Å². The van der Waals surface area contributed by atoms with E-state index in [0.29, 0.717) is 17.5 Å². The lowest BCUT2D eigenvalue weighted by atomic mass is 9.79. The lowest BCUT2D eigenvalue weighted by Gasteiger charge is -2.39. The molecule has 3 nitrogen and oxygen atoms in total. The van der Waals surface area contributed by atoms with Crippen molar-refractivity contribution in [1.29, 1.82) is 0 Å². The second-order valence-electron chi connectivity index (χ2n) is 6.00. The molecule has 2 rings (SSSR count). The summed E-state index contributed by atoms with van der Waals surface area (Å²) in [7, 11) is -2.72. The molecule has 2 fully saturated rings. The number of hydrogen-bond acceptors (Lipinski definition) is 3. The molecular formula is C13H25NO2S. The quantitative estimate of drug-likeness (QED) is 0.760. The van der Waals surface area contributed by atoms with E-state index in [-0.39, 0.29) is 0 Å².